The average Bonchev–Trinajstić information content (AvgIpc) is 2.45. The maximum absolute atomic E-state index is 5.74. The van der Waals surface area contributed by atoms with E-state index in [0.29, 0.717) is 12.5 Å². The molecule has 0 saturated carbocycles. The molecule has 0 fully saturated rings. The van der Waals surface area contributed by atoms with E-state index in [1.807, 2.05) is 12.1 Å². The number of benzene rings is 1. The van der Waals surface area contributed by atoms with Crippen LogP contribution in [0.25, 0.3) is 0 Å². The summed E-state index contributed by atoms with van der Waals surface area (Å²) in [4.78, 5) is 0. The SMILES string of the molecule is COCCCNCc1ccc(OCC(C)C)c(OC)c1. The van der Waals surface area contributed by atoms with Gasteiger partial charge in [0, 0.05) is 20.3 Å². The Labute approximate surface area is 122 Å². The van der Waals surface area contributed by atoms with Gasteiger partial charge >= 0.3 is 0 Å². The van der Waals surface area contributed by atoms with E-state index in [-0.39, 0.29) is 0 Å². The lowest BCUT2D eigenvalue weighted by Gasteiger charge is -2.14. The highest BCUT2D eigenvalue weighted by Crippen LogP contribution is 2.28. The highest BCUT2D eigenvalue weighted by atomic mass is 16.5. The first kappa shape index (κ1) is 16.8. The minimum absolute atomic E-state index is 0.502. The highest BCUT2D eigenvalue weighted by molar-refractivity contribution is 5.42. The third kappa shape index (κ3) is 6.26. The lowest BCUT2D eigenvalue weighted by atomic mass is 10.2. The Morgan fingerprint density at radius 1 is 1.15 bits per heavy atom. The van der Waals surface area contributed by atoms with Gasteiger partial charge in [0.2, 0.25) is 0 Å². The minimum Gasteiger partial charge on any atom is -0.493 e. The Morgan fingerprint density at radius 2 is 1.95 bits per heavy atom. The second-order valence-electron chi connectivity index (χ2n) is 5.21. The molecule has 0 amide bonds. The molecule has 0 unspecified atom stereocenters. The summed E-state index contributed by atoms with van der Waals surface area (Å²) in [6.45, 7) is 7.52. The van der Waals surface area contributed by atoms with E-state index in [9.17, 15) is 0 Å². The summed E-state index contributed by atoms with van der Waals surface area (Å²) in [5.41, 5.74) is 1.19. The minimum atomic E-state index is 0.502. The van der Waals surface area contributed by atoms with Crippen molar-refractivity contribution in [3.8, 4) is 11.5 Å². The van der Waals surface area contributed by atoms with Crippen LogP contribution in [0.1, 0.15) is 25.8 Å². The molecule has 1 aromatic carbocycles. The third-order valence-electron chi connectivity index (χ3n) is 2.83. The van der Waals surface area contributed by atoms with Crippen molar-refractivity contribution in [3.63, 3.8) is 0 Å². The zero-order chi connectivity index (χ0) is 14.8. The second-order valence-corrected chi connectivity index (χ2v) is 5.21. The molecule has 0 atom stereocenters. The van der Waals surface area contributed by atoms with Crippen molar-refractivity contribution in [1.29, 1.82) is 0 Å². The van der Waals surface area contributed by atoms with E-state index < -0.39 is 0 Å². The van der Waals surface area contributed by atoms with Crippen LogP contribution in [0.5, 0.6) is 11.5 Å². The topological polar surface area (TPSA) is 39.7 Å². The summed E-state index contributed by atoms with van der Waals surface area (Å²) in [5, 5.41) is 3.38. The third-order valence-corrected chi connectivity index (χ3v) is 2.83. The van der Waals surface area contributed by atoms with Gasteiger partial charge in [-0.15, -0.1) is 0 Å². The van der Waals surface area contributed by atoms with Gasteiger partial charge in [0.25, 0.3) is 0 Å². The molecular weight excluding hydrogens is 254 g/mol. The van der Waals surface area contributed by atoms with E-state index in [1.165, 1.54) is 5.56 Å². The first-order valence-corrected chi connectivity index (χ1v) is 7.16. The van der Waals surface area contributed by atoms with Gasteiger partial charge in [-0.25, -0.2) is 0 Å². The van der Waals surface area contributed by atoms with Crippen LogP contribution in [-0.2, 0) is 11.3 Å². The van der Waals surface area contributed by atoms with Gasteiger partial charge < -0.3 is 19.5 Å². The van der Waals surface area contributed by atoms with Crippen molar-refractivity contribution in [3.05, 3.63) is 23.8 Å². The van der Waals surface area contributed by atoms with E-state index in [0.717, 1.165) is 37.6 Å². The quantitative estimate of drug-likeness (QED) is 0.669. The molecule has 1 N–H and O–H groups in total. The highest BCUT2D eigenvalue weighted by Gasteiger charge is 2.06. The molecule has 4 heteroatoms. The summed E-state index contributed by atoms with van der Waals surface area (Å²) in [6, 6.07) is 6.08. The van der Waals surface area contributed by atoms with E-state index in [1.54, 1.807) is 14.2 Å². The maximum Gasteiger partial charge on any atom is 0.161 e. The van der Waals surface area contributed by atoms with Gasteiger partial charge in [-0.1, -0.05) is 19.9 Å². The molecule has 0 aliphatic heterocycles. The van der Waals surface area contributed by atoms with Gasteiger partial charge in [-0.3, -0.25) is 0 Å². The van der Waals surface area contributed by atoms with E-state index in [2.05, 4.69) is 25.2 Å². The first-order valence-electron chi connectivity index (χ1n) is 7.16. The summed E-state index contributed by atoms with van der Waals surface area (Å²) in [6.07, 6.45) is 1.02. The Kier molecular flexibility index (Phi) is 8.07. The number of hydrogen-bond acceptors (Lipinski definition) is 4. The number of methoxy groups -OCH3 is 2. The molecule has 0 aliphatic carbocycles. The van der Waals surface area contributed by atoms with Crippen LogP contribution >= 0.6 is 0 Å². The van der Waals surface area contributed by atoms with Crippen molar-refractivity contribution >= 4 is 0 Å². The molecule has 0 aliphatic rings. The lowest BCUT2D eigenvalue weighted by Crippen LogP contribution is -2.16. The molecule has 20 heavy (non-hydrogen) atoms. The smallest absolute Gasteiger partial charge is 0.161 e. The van der Waals surface area contributed by atoms with Crippen LogP contribution < -0.4 is 14.8 Å². The predicted octanol–water partition coefficient (Wildman–Crippen LogP) is 2.86. The standard InChI is InChI=1S/C16H27NO3/c1-13(2)12-20-15-7-6-14(10-16(15)19-4)11-17-8-5-9-18-3/h6-7,10,13,17H,5,8-9,11-12H2,1-4H3. The fourth-order valence-corrected chi connectivity index (χ4v) is 1.77. The van der Waals surface area contributed by atoms with Crippen molar-refractivity contribution in [1.82, 2.24) is 5.32 Å². The molecule has 1 aromatic rings. The molecule has 1 rings (SSSR count). The Bertz CT molecular complexity index is 380. The molecular formula is C16H27NO3. The van der Waals surface area contributed by atoms with Gasteiger partial charge in [-0.05, 0) is 36.6 Å². The first-order chi connectivity index (χ1) is 9.67. The fourth-order valence-electron chi connectivity index (χ4n) is 1.77. The van der Waals surface area contributed by atoms with Crippen LogP contribution in [0.3, 0.4) is 0 Å². The van der Waals surface area contributed by atoms with Gasteiger partial charge in [-0.2, -0.15) is 0 Å². The van der Waals surface area contributed by atoms with Crippen molar-refractivity contribution in [2.45, 2.75) is 26.8 Å². The van der Waals surface area contributed by atoms with Gasteiger partial charge in [0.1, 0.15) is 0 Å². The lowest BCUT2D eigenvalue weighted by molar-refractivity contribution is 0.194. The van der Waals surface area contributed by atoms with Crippen molar-refractivity contribution < 1.29 is 14.2 Å². The van der Waals surface area contributed by atoms with E-state index in [4.69, 9.17) is 14.2 Å². The molecule has 0 saturated heterocycles. The fraction of sp³-hybridized carbons (Fsp3) is 0.625. The molecule has 0 heterocycles. The summed E-state index contributed by atoms with van der Waals surface area (Å²) in [5.74, 6) is 2.10. The predicted molar refractivity (Wildman–Crippen MR) is 81.5 cm³/mol. The summed E-state index contributed by atoms with van der Waals surface area (Å²) in [7, 11) is 3.40. The summed E-state index contributed by atoms with van der Waals surface area (Å²) >= 11 is 0. The Balaban J connectivity index is 2.49. The second kappa shape index (κ2) is 9.61. The Hall–Kier alpha value is -1.26. The Morgan fingerprint density at radius 3 is 2.60 bits per heavy atom. The molecule has 4 nitrogen and oxygen atoms in total. The van der Waals surface area contributed by atoms with Crippen LogP contribution in [0.15, 0.2) is 18.2 Å². The number of hydrogen-bond donors (Lipinski definition) is 1. The van der Waals surface area contributed by atoms with Crippen molar-refractivity contribution in [2.75, 3.05) is 34.0 Å². The van der Waals surface area contributed by atoms with Crippen molar-refractivity contribution in [2.24, 2.45) is 5.92 Å². The largest absolute Gasteiger partial charge is 0.493 e. The zero-order valence-corrected chi connectivity index (χ0v) is 13.1. The van der Waals surface area contributed by atoms with Gasteiger partial charge in [0.15, 0.2) is 11.5 Å². The molecule has 0 aromatic heterocycles. The maximum atomic E-state index is 5.74. The number of ether oxygens (including phenoxy) is 3. The number of rotatable bonds is 10. The molecule has 114 valence electrons. The van der Waals surface area contributed by atoms with Crippen LogP contribution in [-0.4, -0.2) is 34.0 Å². The monoisotopic (exact) mass is 281 g/mol. The number of nitrogens with one attached hydrogen (secondary N) is 1. The normalized spacial score (nSPS) is 10.8. The van der Waals surface area contributed by atoms with E-state index >= 15 is 0 Å². The van der Waals surface area contributed by atoms with Crippen LogP contribution in [0.2, 0.25) is 0 Å². The molecule has 0 spiro atoms. The van der Waals surface area contributed by atoms with Crippen LogP contribution in [0.4, 0.5) is 0 Å². The summed E-state index contributed by atoms with van der Waals surface area (Å²) < 4.78 is 16.1. The van der Waals surface area contributed by atoms with Gasteiger partial charge in [0.05, 0.1) is 13.7 Å². The molecule has 0 bridgehead atoms. The molecule has 0 radical (unpaired) electrons. The average molecular weight is 281 g/mol. The van der Waals surface area contributed by atoms with Crippen LogP contribution in [0, 0.1) is 5.92 Å². The zero-order valence-electron chi connectivity index (χ0n) is 13.1.